The van der Waals surface area contributed by atoms with Crippen LogP contribution in [0.1, 0.15) is 54.8 Å². The molecule has 4 rings (SSSR count). The van der Waals surface area contributed by atoms with E-state index in [9.17, 15) is 39.6 Å². The highest BCUT2D eigenvalue weighted by molar-refractivity contribution is 7.89. The summed E-state index contributed by atoms with van der Waals surface area (Å²) < 4.78 is 112. The van der Waals surface area contributed by atoms with E-state index in [2.05, 4.69) is 10.2 Å². The van der Waals surface area contributed by atoms with Crippen molar-refractivity contribution in [3.8, 4) is 5.75 Å². The van der Waals surface area contributed by atoms with E-state index in [0.717, 1.165) is 50.2 Å². The largest absolute Gasteiger partial charge is 0.493 e. The maximum Gasteiger partial charge on any atom is 0.416 e. The van der Waals surface area contributed by atoms with Gasteiger partial charge in [-0.25, -0.2) is 8.42 Å². The third-order valence-corrected chi connectivity index (χ3v) is 8.33. The number of nitrogens with one attached hydrogen (secondary N) is 2. The van der Waals surface area contributed by atoms with Crippen molar-refractivity contribution >= 4 is 15.9 Å². The minimum Gasteiger partial charge on any atom is -0.493 e. The molecule has 2 aliphatic heterocycles. The second-order valence-electron chi connectivity index (χ2n) is 9.91. The average molecular weight is 594 g/mol. The highest BCUT2D eigenvalue weighted by atomic mass is 32.2. The highest BCUT2D eigenvalue weighted by Crippen LogP contribution is 2.34. The van der Waals surface area contributed by atoms with Crippen molar-refractivity contribution in [2.75, 3.05) is 19.7 Å². The van der Waals surface area contributed by atoms with E-state index in [1.807, 2.05) is 12.1 Å². The zero-order valence-electron chi connectivity index (χ0n) is 21.3. The average Bonchev–Trinajstić information content (AvgIpc) is 2.88. The zero-order valence-corrected chi connectivity index (χ0v) is 22.1. The van der Waals surface area contributed by atoms with Crippen molar-refractivity contribution in [2.45, 2.75) is 68.0 Å². The molecule has 2 N–H and O–H groups in total. The fourth-order valence-electron chi connectivity index (χ4n) is 4.82. The summed E-state index contributed by atoms with van der Waals surface area (Å²) in [6.07, 6.45) is -7.65. The number of nitrogens with zero attached hydrogens (tertiary/aromatic N) is 1. The minimum atomic E-state index is -5.19. The topological polar surface area (TPSA) is 87.7 Å². The lowest BCUT2D eigenvalue weighted by Crippen LogP contribution is -2.48. The van der Waals surface area contributed by atoms with Gasteiger partial charge in [-0.1, -0.05) is 24.6 Å². The van der Waals surface area contributed by atoms with Crippen LogP contribution in [0.4, 0.5) is 26.3 Å². The molecule has 0 saturated carbocycles. The van der Waals surface area contributed by atoms with Crippen LogP contribution in [0.25, 0.3) is 0 Å². The molecule has 0 bridgehead atoms. The summed E-state index contributed by atoms with van der Waals surface area (Å²) in [5.41, 5.74) is 0.262. The SMILES string of the molecule is O=C(C[C@H](NS(=O)(=O)c1cccc(C(F)(F)F)c1)C(F)(F)F)N[C@@H]1CCOc2cc(CN3CCCCC3)ccc21. The number of carbonyl (C=O) groups is 1. The number of rotatable bonds is 8. The van der Waals surface area contributed by atoms with Crippen LogP contribution in [0, 0.1) is 0 Å². The molecule has 2 aromatic rings. The number of piperidine rings is 1. The Morgan fingerprint density at radius 2 is 1.75 bits per heavy atom. The van der Waals surface area contributed by atoms with Gasteiger partial charge in [0.25, 0.3) is 0 Å². The fourth-order valence-corrected chi connectivity index (χ4v) is 6.08. The first-order valence-corrected chi connectivity index (χ1v) is 14.2. The second kappa shape index (κ2) is 12.0. The summed E-state index contributed by atoms with van der Waals surface area (Å²) >= 11 is 0. The number of sulfonamides is 1. The predicted molar refractivity (Wildman–Crippen MR) is 133 cm³/mol. The molecule has 2 aliphatic rings. The molecule has 0 spiro atoms. The Morgan fingerprint density at radius 1 is 1.02 bits per heavy atom. The Balaban J connectivity index is 1.44. The summed E-state index contributed by atoms with van der Waals surface area (Å²) in [5, 5.41) is 2.52. The molecule has 40 heavy (non-hydrogen) atoms. The van der Waals surface area contributed by atoms with E-state index in [1.165, 1.54) is 11.1 Å². The van der Waals surface area contributed by atoms with Crippen molar-refractivity contribution in [3.05, 3.63) is 59.2 Å². The maximum absolute atomic E-state index is 13.7. The Bertz CT molecular complexity index is 1310. The molecule has 1 amide bonds. The predicted octanol–water partition coefficient (Wildman–Crippen LogP) is 4.93. The van der Waals surface area contributed by atoms with Gasteiger partial charge in [0.1, 0.15) is 11.8 Å². The van der Waals surface area contributed by atoms with Crippen LogP contribution in [0.5, 0.6) is 5.75 Å². The maximum atomic E-state index is 13.7. The lowest BCUT2D eigenvalue weighted by Gasteiger charge is -2.30. The summed E-state index contributed by atoms with van der Waals surface area (Å²) in [6.45, 7) is 2.94. The van der Waals surface area contributed by atoms with Crippen molar-refractivity contribution < 1.29 is 44.3 Å². The molecule has 2 aromatic carbocycles. The number of ether oxygens (including phenoxy) is 1. The molecule has 0 radical (unpaired) electrons. The van der Waals surface area contributed by atoms with Crippen LogP contribution in [0.2, 0.25) is 0 Å². The van der Waals surface area contributed by atoms with E-state index in [-0.39, 0.29) is 19.1 Å². The van der Waals surface area contributed by atoms with Crippen molar-refractivity contribution in [2.24, 2.45) is 0 Å². The number of carbonyl (C=O) groups excluding carboxylic acids is 1. The third-order valence-electron chi connectivity index (χ3n) is 6.86. The standard InChI is InChI=1S/C26H29F6N3O4S/c27-25(28,29)18-5-4-6-19(14-18)40(37,38)34-23(26(30,31)32)15-24(36)33-21-9-12-39-22-13-17(7-8-20(21)22)16-35-10-2-1-3-11-35/h4-8,13-14,21,23,34H,1-3,9-12,15-16H2,(H,33,36)/t21-,23+/m1/s1. The minimum absolute atomic E-state index is 0.218. The molecule has 1 fully saturated rings. The van der Waals surface area contributed by atoms with Crippen LogP contribution in [-0.2, 0) is 27.5 Å². The number of hydrogen-bond acceptors (Lipinski definition) is 5. The van der Waals surface area contributed by atoms with Crippen LogP contribution < -0.4 is 14.8 Å². The molecule has 0 aromatic heterocycles. The quantitative estimate of drug-likeness (QED) is 0.424. The van der Waals surface area contributed by atoms with E-state index in [4.69, 9.17) is 4.74 Å². The van der Waals surface area contributed by atoms with Gasteiger partial charge in [0.2, 0.25) is 15.9 Å². The number of likely N-dealkylation sites (tertiary alicyclic amines) is 1. The molecule has 14 heteroatoms. The van der Waals surface area contributed by atoms with Crippen molar-refractivity contribution in [1.29, 1.82) is 0 Å². The molecule has 0 aliphatic carbocycles. The fraction of sp³-hybridized carbons (Fsp3) is 0.500. The van der Waals surface area contributed by atoms with Gasteiger partial charge in [0.15, 0.2) is 0 Å². The molecule has 2 atom stereocenters. The van der Waals surface area contributed by atoms with Crippen LogP contribution in [0.15, 0.2) is 47.4 Å². The number of amides is 1. The number of fused-ring (bicyclic) bond motifs is 1. The van der Waals surface area contributed by atoms with E-state index >= 15 is 0 Å². The lowest BCUT2D eigenvalue weighted by molar-refractivity contribution is -0.158. The second-order valence-corrected chi connectivity index (χ2v) is 11.6. The Kier molecular flexibility index (Phi) is 9.00. The zero-order chi connectivity index (χ0) is 29.1. The summed E-state index contributed by atoms with van der Waals surface area (Å²) in [5.74, 6) is -0.562. The van der Waals surface area contributed by atoms with Gasteiger partial charge < -0.3 is 10.1 Å². The van der Waals surface area contributed by atoms with Crippen LogP contribution >= 0.6 is 0 Å². The molecule has 2 heterocycles. The smallest absolute Gasteiger partial charge is 0.416 e. The molecule has 7 nitrogen and oxygen atoms in total. The van der Waals surface area contributed by atoms with Gasteiger partial charge in [0.05, 0.1) is 29.5 Å². The summed E-state index contributed by atoms with van der Waals surface area (Å²) in [6, 6.07) is 4.30. The number of hydrogen-bond donors (Lipinski definition) is 2. The molecular formula is C26H29F6N3O4S. The van der Waals surface area contributed by atoms with Gasteiger partial charge in [-0.3, -0.25) is 9.69 Å². The van der Waals surface area contributed by atoms with Crippen molar-refractivity contribution in [3.63, 3.8) is 0 Å². The van der Waals surface area contributed by atoms with E-state index < -0.39 is 57.2 Å². The number of halogens is 6. The first-order valence-electron chi connectivity index (χ1n) is 12.8. The normalized spacial score (nSPS) is 19.4. The third kappa shape index (κ3) is 7.67. The molecular weight excluding hydrogens is 564 g/mol. The van der Waals surface area contributed by atoms with Gasteiger partial charge >= 0.3 is 12.4 Å². The summed E-state index contributed by atoms with van der Waals surface area (Å²) in [7, 11) is -5.04. The van der Waals surface area contributed by atoms with E-state index in [1.54, 1.807) is 6.07 Å². The Morgan fingerprint density at radius 3 is 2.42 bits per heavy atom. The van der Waals surface area contributed by atoms with Gasteiger partial charge in [-0.05, 0) is 55.8 Å². The highest BCUT2D eigenvalue weighted by Gasteiger charge is 2.44. The number of alkyl halides is 6. The first kappa shape index (κ1) is 30.1. The van der Waals surface area contributed by atoms with Crippen LogP contribution in [-0.4, -0.2) is 51.1 Å². The Labute approximate surface area is 227 Å². The first-order chi connectivity index (χ1) is 18.7. The monoisotopic (exact) mass is 593 g/mol. The molecule has 1 saturated heterocycles. The Hall–Kier alpha value is -2.84. The van der Waals surface area contributed by atoms with Crippen molar-refractivity contribution in [1.82, 2.24) is 14.9 Å². The van der Waals surface area contributed by atoms with E-state index in [0.29, 0.717) is 17.4 Å². The lowest BCUT2D eigenvalue weighted by atomic mass is 9.98. The molecule has 220 valence electrons. The number of benzene rings is 2. The van der Waals surface area contributed by atoms with Crippen LogP contribution in [0.3, 0.4) is 0 Å². The van der Waals surface area contributed by atoms with Gasteiger partial charge in [0, 0.05) is 18.5 Å². The molecule has 0 unspecified atom stereocenters. The van der Waals surface area contributed by atoms with Gasteiger partial charge in [-0.2, -0.15) is 31.1 Å². The van der Waals surface area contributed by atoms with Gasteiger partial charge in [-0.15, -0.1) is 0 Å². The summed E-state index contributed by atoms with van der Waals surface area (Å²) in [4.78, 5) is 14.0.